The van der Waals surface area contributed by atoms with E-state index in [-0.39, 0.29) is 18.5 Å². The van der Waals surface area contributed by atoms with Gasteiger partial charge in [0.15, 0.2) is 11.5 Å². The van der Waals surface area contributed by atoms with Crippen molar-refractivity contribution in [2.24, 2.45) is 0 Å². The first kappa shape index (κ1) is 18.0. The van der Waals surface area contributed by atoms with Gasteiger partial charge in [-0.1, -0.05) is 13.0 Å². The van der Waals surface area contributed by atoms with Gasteiger partial charge in [0.1, 0.15) is 6.04 Å². The number of amides is 1. The van der Waals surface area contributed by atoms with E-state index in [2.05, 4.69) is 0 Å². The average molecular weight is 368 g/mol. The summed E-state index contributed by atoms with van der Waals surface area (Å²) in [5.41, 5.74) is 0.918. The number of carbonyl (C=O) groups excluding carboxylic acids is 1. The monoisotopic (exact) mass is 368 g/mol. The normalized spacial score (nSPS) is 20.0. The molecule has 1 saturated heterocycles. The first-order valence-corrected chi connectivity index (χ1v) is 10.2. The van der Waals surface area contributed by atoms with Crippen LogP contribution in [0.5, 0.6) is 11.5 Å². The molecule has 25 heavy (non-hydrogen) atoms. The Morgan fingerprint density at radius 3 is 2.84 bits per heavy atom. The number of fused-ring (bicyclic) bond motifs is 1. The summed E-state index contributed by atoms with van der Waals surface area (Å²) in [4.78, 5) is 14.4. The number of sulfonamides is 1. The van der Waals surface area contributed by atoms with Crippen LogP contribution in [0.15, 0.2) is 18.2 Å². The van der Waals surface area contributed by atoms with Gasteiger partial charge in [-0.2, -0.15) is 4.31 Å². The van der Waals surface area contributed by atoms with E-state index in [1.54, 1.807) is 11.9 Å². The topological polar surface area (TPSA) is 76.2 Å². The van der Waals surface area contributed by atoms with Crippen molar-refractivity contribution < 1.29 is 22.7 Å². The van der Waals surface area contributed by atoms with Gasteiger partial charge >= 0.3 is 0 Å². The molecule has 1 amide bonds. The minimum Gasteiger partial charge on any atom is -0.454 e. The molecule has 0 bridgehead atoms. The van der Waals surface area contributed by atoms with Crippen molar-refractivity contribution in [2.75, 3.05) is 26.1 Å². The molecular weight excluding hydrogens is 344 g/mol. The summed E-state index contributed by atoms with van der Waals surface area (Å²) in [7, 11) is -1.67. The van der Waals surface area contributed by atoms with E-state index >= 15 is 0 Å². The fourth-order valence-corrected chi connectivity index (χ4v) is 5.08. The lowest BCUT2D eigenvalue weighted by Gasteiger charge is -2.27. The zero-order valence-electron chi connectivity index (χ0n) is 14.6. The highest BCUT2D eigenvalue weighted by Crippen LogP contribution is 2.33. The summed E-state index contributed by atoms with van der Waals surface area (Å²) in [6.07, 6.45) is 1.84. The fourth-order valence-electron chi connectivity index (χ4n) is 3.34. The Bertz CT molecular complexity index is 749. The number of ether oxygens (including phenoxy) is 2. The average Bonchev–Trinajstić information content (AvgIpc) is 3.23. The van der Waals surface area contributed by atoms with Gasteiger partial charge in [-0.3, -0.25) is 4.79 Å². The maximum absolute atomic E-state index is 12.8. The highest BCUT2D eigenvalue weighted by Gasteiger charge is 2.39. The van der Waals surface area contributed by atoms with Crippen LogP contribution in [0.2, 0.25) is 0 Å². The van der Waals surface area contributed by atoms with Crippen molar-refractivity contribution >= 4 is 15.9 Å². The number of rotatable bonds is 6. The van der Waals surface area contributed by atoms with Gasteiger partial charge in [0.05, 0.1) is 5.75 Å². The predicted molar refractivity (Wildman–Crippen MR) is 92.8 cm³/mol. The van der Waals surface area contributed by atoms with Gasteiger partial charge in [-0.15, -0.1) is 0 Å². The predicted octanol–water partition coefficient (Wildman–Crippen LogP) is 1.58. The van der Waals surface area contributed by atoms with E-state index in [4.69, 9.17) is 9.47 Å². The summed E-state index contributed by atoms with van der Waals surface area (Å²) in [6.45, 7) is 2.86. The van der Waals surface area contributed by atoms with E-state index in [1.165, 1.54) is 4.31 Å². The summed E-state index contributed by atoms with van der Waals surface area (Å²) in [5, 5.41) is 0. The van der Waals surface area contributed by atoms with Crippen molar-refractivity contribution in [3.05, 3.63) is 23.8 Å². The van der Waals surface area contributed by atoms with Gasteiger partial charge in [-0.05, 0) is 37.0 Å². The maximum atomic E-state index is 12.8. The lowest BCUT2D eigenvalue weighted by Crippen LogP contribution is -2.46. The summed E-state index contributed by atoms with van der Waals surface area (Å²) in [6, 6.07) is 4.98. The van der Waals surface area contributed by atoms with Crippen molar-refractivity contribution in [3.63, 3.8) is 0 Å². The summed E-state index contributed by atoms with van der Waals surface area (Å²) >= 11 is 0. The van der Waals surface area contributed by atoms with Crippen molar-refractivity contribution in [2.45, 2.75) is 38.8 Å². The Kier molecular flexibility index (Phi) is 5.19. The molecule has 2 heterocycles. The molecule has 0 N–H and O–H groups in total. The smallest absolute Gasteiger partial charge is 0.241 e. The quantitative estimate of drug-likeness (QED) is 0.762. The number of carbonyl (C=O) groups is 1. The molecule has 1 atom stereocenters. The number of hydrogen-bond acceptors (Lipinski definition) is 5. The second-order valence-corrected chi connectivity index (χ2v) is 8.51. The van der Waals surface area contributed by atoms with Gasteiger partial charge in [0.25, 0.3) is 0 Å². The molecule has 8 heteroatoms. The number of benzene rings is 1. The van der Waals surface area contributed by atoms with E-state index in [1.807, 2.05) is 25.1 Å². The molecule has 1 aromatic carbocycles. The second kappa shape index (κ2) is 7.21. The molecule has 0 aromatic heterocycles. The molecule has 0 spiro atoms. The molecule has 3 rings (SSSR count). The standard InChI is InChI=1S/C17H24N2O5S/c1-3-9-25(21,22)19-8-4-5-14(19)17(20)18(2)11-13-6-7-15-16(10-13)24-12-23-15/h6-7,10,14H,3-5,8-9,11-12H2,1-2H3/t14-/m0/s1. The third-order valence-corrected chi connectivity index (χ3v) is 6.62. The molecule has 2 aliphatic heterocycles. The Balaban J connectivity index is 1.69. The number of likely N-dealkylation sites (N-methyl/N-ethyl adjacent to an activating group) is 1. The van der Waals surface area contributed by atoms with Crippen molar-refractivity contribution in [3.8, 4) is 11.5 Å². The lowest BCUT2D eigenvalue weighted by atomic mass is 10.1. The van der Waals surface area contributed by atoms with Crippen LogP contribution < -0.4 is 9.47 Å². The fraction of sp³-hybridized carbons (Fsp3) is 0.588. The van der Waals surface area contributed by atoms with Crippen LogP contribution >= 0.6 is 0 Å². The van der Waals surface area contributed by atoms with Gasteiger partial charge in [-0.25, -0.2) is 8.42 Å². The van der Waals surface area contributed by atoms with Crippen molar-refractivity contribution in [1.82, 2.24) is 9.21 Å². The molecule has 7 nitrogen and oxygen atoms in total. The van der Waals surface area contributed by atoms with E-state index in [9.17, 15) is 13.2 Å². The second-order valence-electron chi connectivity index (χ2n) is 6.47. The van der Waals surface area contributed by atoms with Crippen LogP contribution in [-0.2, 0) is 21.4 Å². The van der Waals surface area contributed by atoms with Crippen LogP contribution in [-0.4, -0.2) is 55.7 Å². The minimum absolute atomic E-state index is 0.0860. The Labute approximate surface area is 148 Å². The van der Waals surface area contributed by atoms with E-state index < -0.39 is 16.1 Å². The zero-order chi connectivity index (χ0) is 18.0. The van der Waals surface area contributed by atoms with Crippen LogP contribution in [0.3, 0.4) is 0 Å². The van der Waals surface area contributed by atoms with Crippen molar-refractivity contribution in [1.29, 1.82) is 0 Å². The summed E-state index contributed by atoms with van der Waals surface area (Å²) < 4.78 is 36.8. The lowest BCUT2D eigenvalue weighted by molar-refractivity contribution is -0.133. The molecule has 0 radical (unpaired) electrons. The molecular formula is C17H24N2O5S. The van der Waals surface area contributed by atoms with Crippen LogP contribution in [0, 0.1) is 0 Å². The molecule has 138 valence electrons. The zero-order valence-corrected chi connectivity index (χ0v) is 15.4. The molecule has 0 unspecified atom stereocenters. The van der Waals surface area contributed by atoms with E-state index in [0.29, 0.717) is 37.4 Å². The number of hydrogen-bond donors (Lipinski definition) is 0. The first-order valence-electron chi connectivity index (χ1n) is 8.55. The molecule has 0 saturated carbocycles. The maximum Gasteiger partial charge on any atom is 0.241 e. The number of nitrogens with zero attached hydrogens (tertiary/aromatic N) is 2. The molecule has 1 fully saturated rings. The summed E-state index contributed by atoms with van der Waals surface area (Å²) in [5.74, 6) is 1.30. The largest absolute Gasteiger partial charge is 0.454 e. The third kappa shape index (κ3) is 3.74. The Morgan fingerprint density at radius 2 is 2.08 bits per heavy atom. The highest BCUT2D eigenvalue weighted by atomic mass is 32.2. The Hall–Kier alpha value is -1.80. The Morgan fingerprint density at radius 1 is 1.32 bits per heavy atom. The van der Waals surface area contributed by atoms with E-state index in [0.717, 1.165) is 12.0 Å². The molecule has 1 aromatic rings. The minimum atomic E-state index is -3.37. The van der Waals surface area contributed by atoms with Gasteiger partial charge < -0.3 is 14.4 Å². The molecule has 0 aliphatic carbocycles. The van der Waals surface area contributed by atoms with Gasteiger partial charge in [0.2, 0.25) is 22.7 Å². The first-order chi connectivity index (χ1) is 11.9. The SMILES string of the molecule is CCCS(=O)(=O)N1CCC[C@H]1C(=O)N(C)Cc1ccc2c(c1)OCO2. The third-order valence-electron chi connectivity index (χ3n) is 4.54. The van der Waals surface area contributed by atoms with Crippen LogP contribution in [0.1, 0.15) is 31.7 Å². The van der Waals surface area contributed by atoms with Gasteiger partial charge in [0, 0.05) is 20.1 Å². The highest BCUT2D eigenvalue weighted by molar-refractivity contribution is 7.89. The van der Waals surface area contributed by atoms with Crippen LogP contribution in [0.25, 0.3) is 0 Å². The van der Waals surface area contributed by atoms with Crippen LogP contribution in [0.4, 0.5) is 0 Å². The molecule has 2 aliphatic rings.